The first-order chi connectivity index (χ1) is 15.1. The number of aromatic nitrogens is 2. The number of benzene rings is 2. The van der Waals surface area contributed by atoms with Crippen molar-refractivity contribution in [2.45, 2.75) is 13.5 Å². The quantitative estimate of drug-likeness (QED) is 0.589. The number of ether oxygens (including phenoxy) is 2. The molecule has 8 heteroatoms. The molecule has 0 bridgehead atoms. The number of carbonyl (C=O) groups is 1. The lowest BCUT2D eigenvalue weighted by Crippen LogP contribution is -2.35. The summed E-state index contributed by atoms with van der Waals surface area (Å²) in [4.78, 5) is 18.9. The number of carbonyl (C=O) groups excluding carboxylic acids is 1. The number of nitrogens with zero attached hydrogens (tertiary/aromatic N) is 3. The summed E-state index contributed by atoms with van der Waals surface area (Å²) in [6.45, 7) is 5.98. The van der Waals surface area contributed by atoms with Gasteiger partial charge in [-0.25, -0.2) is 9.78 Å². The van der Waals surface area contributed by atoms with Crippen LogP contribution in [0.3, 0.4) is 0 Å². The van der Waals surface area contributed by atoms with Crippen molar-refractivity contribution in [2.24, 2.45) is 0 Å². The molecule has 0 aliphatic carbocycles. The molecule has 3 aromatic rings. The first-order valence-electron chi connectivity index (χ1n) is 10.2. The number of phenols is 2. The molecule has 1 aliphatic heterocycles. The smallest absolute Gasteiger partial charge is 0.341 e. The Morgan fingerprint density at radius 2 is 1.97 bits per heavy atom. The van der Waals surface area contributed by atoms with Gasteiger partial charge in [0, 0.05) is 43.8 Å². The number of imidazole rings is 1. The van der Waals surface area contributed by atoms with Crippen LogP contribution in [0.15, 0.2) is 48.8 Å². The van der Waals surface area contributed by atoms with Gasteiger partial charge >= 0.3 is 5.97 Å². The molecule has 0 saturated carbocycles. The van der Waals surface area contributed by atoms with Gasteiger partial charge in [0.1, 0.15) is 22.9 Å². The largest absolute Gasteiger partial charge is 0.507 e. The van der Waals surface area contributed by atoms with Gasteiger partial charge in [-0.3, -0.25) is 9.47 Å². The average Bonchev–Trinajstić information content (AvgIpc) is 3.24. The molecule has 0 atom stereocenters. The van der Waals surface area contributed by atoms with E-state index in [9.17, 15) is 15.0 Å². The summed E-state index contributed by atoms with van der Waals surface area (Å²) in [6.07, 6.45) is 3.42. The second-order valence-corrected chi connectivity index (χ2v) is 7.29. The topological polar surface area (TPSA) is 97.1 Å². The van der Waals surface area contributed by atoms with Gasteiger partial charge in [0.05, 0.1) is 25.4 Å². The van der Waals surface area contributed by atoms with E-state index in [4.69, 9.17) is 9.47 Å². The van der Waals surface area contributed by atoms with Gasteiger partial charge in [-0.1, -0.05) is 12.1 Å². The summed E-state index contributed by atoms with van der Waals surface area (Å²) >= 11 is 0. The number of morpholine rings is 1. The molecule has 0 radical (unpaired) electrons. The molecule has 1 aliphatic rings. The summed E-state index contributed by atoms with van der Waals surface area (Å²) in [6, 6.07) is 10.6. The van der Waals surface area contributed by atoms with Gasteiger partial charge in [0.15, 0.2) is 0 Å². The second-order valence-electron chi connectivity index (χ2n) is 7.29. The van der Waals surface area contributed by atoms with Gasteiger partial charge in [0.25, 0.3) is 0 Å². The maximum Gasteiger partial charge on any atom is 0.341 e. The van der Waals surface area contributed by atoms with E-state index in [2.05, 4.69) is 22.0 Å². The maximum atomic E-state index is 12.2. The van der Waals surface area contributed by atoms with Crippen molar-refractivity contribution in [1.82, 2.24) is 14.5 Å². The summed E-state index contributed by atoms with van der Waals surface area (Å²) in [5.41, 5.74) is 2.33. The van der Waals surface area contributed by atoms with E-state index < -0.39 is 5.97 Å². The zero-order valence-electron chi connectivity index (χ0n) is 17.3. The van der Waals surface area contributed by atoms with Gasteiger partial charge < -0.3 is 19.7 Å². The third kappa shape index (κ3) is 4.55. The summed E-state index contributed by atoms with van der Waals surface area (Å²) < 4.78 is 12.3. The minimum absolute atomic E-state index is 0.0229. The van der Waals surface area contributed by atoms with Crippen molar-refractivity contribution in [3.63, 3.8) is 0 Å². The summed E-state index contributed by atoms with van der Waals surface area (Å²) in [7, 11) is 0. The molecule has 0 spiro atoms. The molecular weight excluding hydrogens is 398 g/mol. The molecule has 0 unspecified atom stereocenters. The molecular formula is C23H25N3O5. The number of aromatic hydroxyl groups is 2. The van der Waals surface area contributed by atoms with Crippen molar-refractivity contribution in [3.05, 3.63) is 59.9 Å². The lowest BCUT2D eigenvalue weighted by Gasteiger charge is -2.26. The van der Waals surface area contributed by atoms with E-state index in [1.807, 2.05) is 16.7 Å². The average molecular weight is 423 g/mol. The van der Waals surface area contributed by atoms with Crippen LogP contribution in [0.2, 0.25) is 0 Å². The van der Waals surface area contributed by atoms with E-state index >= 15 is 0 Å². The number of esters is 1. The van der Waals surface area contributed by atoms with Crippen LogP contribution < -0.4 is 0 Å². The van der Waals surface area contributed by atoms with Crippen LogP contribution in [-0.2, 0) is 16.0 Å². The minimum Gasteiger partial charge on any atom is -0.507 e. The fourth-order valence-electron chi connectivity index (χ4n) is 3.66. The van der Waals surface area contributed by atoms with E-state index in [1.165, 1.54) is 6.07 Å². The Morgan fingerprint density at radius 3 is 2.74 bits per heavy atom. The zero-order valence-corrected chi connectivity index (χ0v) is 17.3. The lowest BCUT2D eigenvalue weighted by molar-refractivity contribution is 0.0342. The van der Waals surface area contributed by atoms with Crippen LogP contribution in [0.5, 0.6) is 11.5 Å². The Hall–Kier alpha value is -3.36. The first-order valence-corrected chi connectivity index (χ1v) is 10.2. The SMILES string of the molecule is CCOC(=O)c1cc(-c2nccn2-c2cccc(CN3CCOCC3)c2)c(O)cc1O. The molecule has 2 heterocycles. The molecule has 4 rings (SSSR count). The minimum atomic E-state index is -0.660. The maximum absolute atomic E-state index is 12.2. The number of rotatable bonds is 6. The molecule has 1 saturated heterocycles. The van der Waals surface area contributed by atoms with Crippen LogP contribution in [0.1, 0.15) is 22.8 Å². The van der Waals surface area contributed by atoms with Gasteiger partial charge in [-0.15, -0.1) is 0 Å². The highest BCUT2D eigenvalue weighted by atomic mass is 16.5. The molecule has 8 nitrogen and oxygen atoms in total. The monoisotopic (exact) mass is 423 g/mol. The standard InChI is InChI=1S/C23H25N3O5/c1-2-31-23(29)19-13-18(20(27)14-21(19)28)22-24-6-7-26(22)17-5-3-4-16(12-17)15-25-8-10-30-11-9-25/h3-7,12-14,27-28H,2,8-11,15H2,1H3. The molecule has 0 amide bonds. The Balaban J connectivity index is 1.68. The van der Waals surface area contributed by atoms with Crippen LogP contribution in [-0.4, -0.2) is 63.5 Å². The third-order valence-electron chi connectivity index (χ3n) is 5.19. The highest BCUT2D eigenvalue weighted by Gasteiger charge is 2.20. The summed E-state index contributed by atoms with van der Waals surface area (Å²) in [5.74, 6) is -0.730. The van der Waals surface area contributed by atoms with Crippen LogP contribution in [0.4, 0.5) is 0 Å². The third-order valence-corrected chi connectivity index (χ3v) is 5.19. The predicted octanol–water partition coefficient (Wildman–Crippen LogP) is 2.96. The fraction of sp³-hybridized carbons (Fsp3) is 0.304. The predicted molar refractivity (Wildman–Crippen MR) is 114 cm³/mol. The zero-order chi connectivity index (χ0) is 21.8. The van der Waals surface area contributed by atoms with Gasteiger partial charge in [-0.2, -0.15) is 0 Å². The lowest BCUT2D eigenvalue weighted by atomic mass is 10.1. The molecule has 1 fully saturated rings. The molecule has 2 aromatic carbocycles. The Kier molecular flexibility index (Phi) is 6.20. The highest BCUT2D eigenvalue weighted by Crippen LogP contribution is 2.35. The second kappa shape index (κ2) is 9.20. The van der Waals surface area contributed by atoms with Crippen molar-refractivity contribution in [1.29, 1.82) is 0 Å². The van der Waals surface area contributed by atoms with Crippen molar-refractivity contribution >= 4 is 5.97 Å². The van der Waals surface area contributed by atoms with E-state index in [0.717, 1.165) is 50.2 Å². The Morgan fingerprint density at radius 1 is 1.16 bits per heavy atom. The highest BCUT2D eigenvalue weighted by molar-refractivity contribution is 5.94. The van der Waals surface area contributed by atoms with E-state index in [1.54, 1.807) is 19.3 Å². The molecule has 31 heavy (non-hydrogen) atoms. The first kappa shape index (κ1) is 20.9. The number of hydrogen-bond donors (Lipinski definition) is 2. The van der Waals surface area contributed by atoms with Crippen molar-refractivity contribution in [2.75, 3.05) is 32.9 Å². The van der Waals surface area contributed by atoms with Crippen LogP contribution >= 0.6 is 0 Å². The van der Waals surface area contributed by atoms with Crippen molar-refractivity contribution < 1.29 is 24.5 Å². The van der Waals surface area contributed by atoms with Crippen molar-refractivity contribution in [3.8, 4) is 28.6 Å². The Labute approximate surface area is 180 Å². The Bertz CT molecular complexity index is 1070. The number of hydrogen-bond acceptors (Lipinski definition) is 7. The molecule has 162 valence electrons. The van der Waals surface area contributed by atoms with E-state index in [0.29, 0.717) is 11.4 Å². The van der Waals surface area contributed by atoms with Crippen LogP contribution in [0.25, 0.3) is 17.1 Å². The normalized spacial score (nSPS) is 14.5. The van der Waals surface area contributed by atoms with E-state index in [-0.39, 0.29) is 23.7 Å². The molecule has 1 aromatic heterocycles. The summed E-state index contributed by atoms with van der Waals surface area (Å²) in [5, 5.41) is 20.5. The fourth-order valence-corrected chi connectivity index (χ4v) is 3.66. The number of phenolic OH excluding ortho intramolecular Hbond substituents is 2. The van der Waals surface area contributed by atoms with Gasteiger partial charge in [0.2, 0.25) is 0 Å². The van der Waals surface area contributed by atoms with Gasteiger partial charge in [-0.05, 0) is 30.7 Å². The molecule has 2 N–H and O–H groups in total. The van der Waals surface area contributed by atoms with Crippen LogP contribution in [0, 0.1) is 0 Å².